The Kier molecular flexibility index (Phi) is 5.49. The van der Waals surface area contributed by atoms with Crippen molar-refractivity contribution in [2.45, 2.75) is 19.3 Å². The highest BCUT2D eigenvalue weighted by atomic mass is 19.4. The van der Waals surface area contributed by atoms with Crippen molar-refractivity contribution in [3.05, 3.63) is 69.6 Å². The van der Waals surface area contributed by atoms with Crippen LogP contribution in [0.4, 0.5) is 13.2 Å². The van der Waals surface area contributed by atoms with Crippen molar-refractivity contribution < 1.29 is 22.8 Å². The molecule has 0 radical (unpaired) electrons. The van der Waals surface area contributed by atoms with Crippen LogP contribution >= 0.6 is 0 Å². The zero-order valence-electron chi connectivity index (χ0n) is 13.8. The molecule has 0 atom stereocenters. The zero-order chi connectivity index (χ0) is 19.5. The number of hydrogen-bond donors (Lipinski definition) is 1. The minimum atomic E-state index is -4.61. The molecule has 1 heterocycles. The molecule has 2 aromatic rings. The number of nitrogens with zero attached hydrogens (tertiary/aromatic N) is 2. The molecule has 0 saturated carbocycles. The van der Waals surface area contributed by atoms with Crippen molar-refractivity contribution in [3.8, 4) is 0 Å². The summed E-state index contributed by atoms with van der Waals surface area (Å²) in [6.07, 6.45) is -4.00. The Hall–Kier alpha value is -3.10. The Morgan fingerprint density at radius 3 is 2.50 bits per heavy atom. The number of halogens is 3. The smallest absolute Gasteiger partial charge is 0.366 e. The SMILES string of the molecule is CN(Cc1cccc(C(N)=O)c1)C(=O)Cn1cc(C(F)(F)F)ccc1=O. The molecule has 0 aliphatic carbocycles. The molecule has 0 aliphatic heterocycles. The van der Waals surface area contributed by atoms with Gasteiger partial charge < -0.3 is 15.2 Å². The molecule has 0 unspecified atom stereocenters. The van der Waals surface area contributed by atoms with Crippen LogP contribution in [0.5, 0.6) is 0 Å². The van der Waals surface area contributed by atoms with E-state index in [1.165, 1.54) is 24.1 Å². The molecule has 0 aliphatic rings. The highest BCUT2D eigenvalue weighted by Crippen LogP contribution is 2.28. The minimum absolute atomic E-state index is 0.105. The van der Waals surface area contributed by atoms with Crippen molar-refractivity contribution >= 4 is 11.8 Å². The number of carbonyl (C=O) groups is 2. The zero-order valence-corrected chi connectivity index (χ0v) is 13.8. The third-order valence-corrected chi connectivity index (χ3v) is 3.67. The highest BCUT2D eigenvalue weighted by Gasteiger charge is 2.31. The summed E-state index contributed by atoms with van der Waals surface area (Å²) >= 11 is 0. The van der Waals surface area contributed by atoms with Crippen LogP contribution in [0, 0.1) is 0 Å². The number of aromatic nitrogens is 1. The molecule has 138 valence electrons. The van der Waals surface area contributed by atoms with Gasteiger partial charge >= 0.3 is 6.18 Å². The molecule has 1 aromatic heterocycles. The van der Waals surface area contributed by atoms with Crippen LogP contribution in [-0.2, 0) is 24.1 Å². The molecule has 0 bridgehead atoms. The fourth-order valence-electron chi connectivity index (χ4n) is 2.27. The van der Waals surface area contributed by atoms with Gasteiger partial charge in [-0.2, -0.15) is 13.2 Å². The van der Waals surface area contributed by atoms with E-state index >= 15 is 0 Å². The van der Waals surface area contributed by atoms with Gasteiger partial charge in [0.15, 0.2) is 0 Å². The first kappa shape index (κ1) is 19.2. The lowest BCUT2D eigenvalue weighted by Gasteiger charge is -2.19. The first-order valence-corrected chi connectivity index (χ1v) is 7.48. The molecule has 26 heavy (non-hydrogen) atoms. The summed E-state index contributed by atoms with van der Waals surface area (Å²) in [6, 6.07) is 7.75. The van der Waals surface area contributed by atoms with Gasteiger partial charge in [0.1, 0.15) is 6.54 Å². The average molecular weight is 367 g/mol. The quantitative estimate of drug-likeness (QED) is 0.872. The second kappa shape index (κ2) is 7.42. The number of nitrogens with two attached hydrogens (primary N) is 1. The summed E-state index contributed by atoms with van der Waals surface area (Å²) in [5.41, 5.74) is 4.36. The number of primary amides is 1. The predicted octanol–water partition coefficient (Wildman–Crippen LogP) is 1.62. The molecule has 2 N–H and O–H groups in total. The molecular formula is C17H16F3N3O3. The van der Waals surface area contributed by atoms with Gasteiger partial charge in [0.25, 0.3) is 5.56 Å². The number of hydrogen-bond acceptors (Lipinski definition) is 3. The van der Waals surface area contributed by atoms with Gasteiger partial charge in [0, 0.05) is 31.4 Å². The summed E-state index contributed by atoms with van der Waals surface area (Å²) in [7, 11) is 1.44. The molecule has 0 spiro atoms. The van der Waals surface area contributed by atoms with E-state index in [1.807, 2.05) is 0 Å². The second-order valence-electron chi connectivity index (χ2n) is 5.70. The molecule has 6 nitrogen and oxygen atoms in total. The van der Waals surface area contributed by atoms with E-state index in [2.05, 4.69) is 0 Å². The van der Waals surface area contributed by atoms with Gasteiger partial charge in [-0.15, -0.1) is 0 Å². The minimum Gasteiger partial charge on any atom is -0.366 e. The number of carbonyl (C=O) groups excluding carboxylic acids is 2. The maximum Gasteiger partial charge on any atom is 0.417 e. The number of amides is 2. The number of alkyl halides is 3. The fourth-order valence-corrected chi connectivity index (χ4v) is 2.27. The topological polar surface area (TPSA) is 85.4 Å². The Balaban J connectivity index is 2.14. The first-order chi connectivity index (χ1) is 12.1. The Bertz CT molecular complexity index is 891. The van der Waals surface area contributed by atoms with Crippen molar-refractivity contribution in [2.24, 2.45) is 5.73 Å². The lowest BCUT2D eigenvalue weighted by Crippen LogP contribution is -2.33. The van der Waals surface area contributed by atoms with Crippen molar-refractivity contribution in [2.75, 3.05) is 7.05 Å². The third kappa shape index (κ3) is 4.71. The fraction of sp³-hybridized carbons (Fsp3) is 0.235. The maximum atomic E-state index is 12.7. The molecular weight excluding hydrogens is 351 g/mol. The van der Waals surface area contributed by atoms with Crippen molar-refractivity contribution in [1.82, 2.24) is 9.47 Å². The largest absolute Gasteiger partial charge is 0.417 e. The van der Waals surface area contributed by atoms with Crippen molar-refractivity contribution in [3.63, 3.8) is 0 Å². The Morgan fingerprint density at radius 1 is 1.19 bits per heavy atom. The van der Waals surface area contributed by atoms with E-state index in [0.717, 1.165) is 6.07 Å². The van der Waals surface area contributed by atoms with Crippen LogP contribution in [-0.4, -0.2) is 28.3 Å². The summed E-state index contributed by atoms with van der Waals surface area (Å²) in [4.78, 5) is 36.4. The van der Waals surface area contributed by atoms with E-state index in [-0.39, 0.29) is 12.1 Å². The first-order valence-electron chi connectivity index (χ1n) is 7.48. The van der Waals surface area contributed by atoms with E-state index in [9.17, 15) is 27.6 Å². The van der Waals surface area contributed by atoms with Crippen LogP contribution in [0.2, 0.25) is 0 Å². The number of pyridine rings is 1. The number of benzene rings is 1. The van der Waals surface area contributed by atoms with Crippen LogP contribution < -0.4 is 11.3 Å². The average Bonchev–Trinajstić information content (AvgIpc) is 2.55. The molecule has 1 aromatic carbocycles. The standard InChI is InChI=1S/C17H16F3N3O3/c1-22(8-11-3-2-4-12(7-11)16(21)26)15(25)10-23-9-13(17(18,19)20)5-6-14(23)24/h2-7,9H,8,10H2,1H3,(H2,21,26). The van der Waals surface area contributed by atoms with E-state index in [0.29, 0.717) is 22.4 Å². The third-order valence-electron chi connectivity index (χ3n) is 3.67. The normalized spacial score (nSPS) is 11.2. The van der Waals surface area contributed by atoms with Crippen LogP contribution in [0.25, 0.3) is 0 Å². The number of likely N-dealkylation sites (N-methyl/N-ethyl adjacent to an activating group) is 1. The van der Waals surface area contributed by atoms with E-state index in [1.54, 1.807) is 12.1 Å². The lowest BCUT2D eigenvalue weighted by molar-refractivity contribution is -0.138. The molecule has 0 fully saturated rings. The molecule has 2 amide bonds. The van der Waals surface area contributed by atoms with Gasteiger partial charge in [-0.1, -0.05) is 12.1 Å². The molecule has 2 rings (SSSR count). The Labute approximate surface area is 146 Å². The second-order valence-corrected chi connectivity index (χ2v) is 5.70. The summed E-state index contributed by atoms with van der Waals surface area (Å²) in [5, 5.41) is 0. The summed E-state index contributed by atoms with van der Waals surface area (Å²) in [5.74, 6) is -1.17. The summed E-state index contributed by atoms with van der Waals surface area (Å²) < 4.78 is 38.9. The van der Waals surface area contributed by atoms with Gasteiger partial charge in [-0.25, -0.2) is 0 Å². The lowest BCUT2D eigenvalue weighted by atomic mass is 10.1. The predicted molar refractivity (Wildman–Crippen MR) is 87.1 cm³/mol. The molecule has 0 saturated heterocycles. The summed E-state index contributed by atoms with van der Waals surface area (Å²) in [6.45, 7) is -0.428. The van der Waals surface area contributed by atoms with Crippen molar-refractivity contribution in [1.29, 1.82) is 0 Å². The van der Waals surface area contributed by atoms with Gasteiger partial charge in [-0.3, -0.25) is 14.4 Å². The van der Waals surface area contributed by atoms with Crippen LogP contribution in [0.1, 0.15) is 21.5 Å². The van der Waals surface area contributed by atoms with Crippen LogP contribution in [0.3, 0.4) is 0 Å². The Morgan fingerprint density at radius 2 is 1.88 bits per heavy atom. The maximum absolute atomic E-state index is 12.7. The highest BCUT2D eigenvalue weighted by molar-refractivity contribution is 5.92. The van der Waals surface area contributed by atoms with Gasteiger partial charge in [0.2, 0.25) is 11.8 Å². The number of rotatable bonds is 5. The van der Waals surface area contributed by atoms with Crippen LogP contribution in [0.15, 0.2) is 47.4 Å². The monoisotopic (exact) mass is 367 g/mol. The van der Waals surface area contributed by atoms with Gasteiger partial charge in [0.05, 0.1) is 5.56 Å². The molecule has 9 heteroatoms. The van der Waals surface area contributed by atoms with E-state index < -0.39 is 35.7 Å². The van der Waals surface area contributed by atoms with E-state index in [4.69, 9.17) is 5.73 Å². The van der Waals surface area contributed by atoms with Gasteiger partial charge in [-0.05, 0) is 23.8 Å².